The van der Waals surface area contributed by atoms with Crippen molar-refractivity contribution >= 4 is 17.9 Å². The van der Waals surface area contributed by atoms with Crippen molar-refractivity contribution in [1.29, 1.82) is 0 Å². The molecule has 0 radical (unpaired) electrons. The van der Waals surface area contributed by atoms with Gasteiger partial charge in [0.1, 0.15) is 13.2 Å². The molecule has 0 aliphatic carbocycles. The molecule has 6 heteroatoms. The van der Waals surface area contributed by atoms with E-state index in [1.165, 1.54) is 109 Å². The Morgan fingerprint density at radius 3 is 1.02 bits per heavy atom. The van der Waals surface area contributed by atoms with Crippen molar-refractivity contribution in [3.63, 3.8) is 0 Å². The molecule has 0 spiro atoms. The topological polar surface area (TPSA) is 78.9 Å². The summed E-state index contributed by atoms with van der Waals surface area (Å²) in [5.41, 5.74) is 0. The molecule has 0 aliphatic rings. The molecule has 1 atom stereocenters. The van der Waals surface area contributed by atoms with Crippen LogP contribution in [0.2, 0.25) is 0 Å². The van der Waals surface area contributed by atoms with Crippen LogP contribution in [-0.4, -0.2) is 37.2 Å². The van der Waals surface area contributed by atoms with E-state index in [0.29, 0.717) is 19.3 Å². The minimum absolute atomic E-state index is 0.101. The van der Waals surface area contributed by atoms with Crippen molar-refractivity contribution in [2.75, 3.05) is 13.2 Å². The molecular formula is C59H100O6. The van der Waals surface area contributed by atoms with E-state index in [1.807, 2.05) is 36.5 Å². The highest BCUT2D eigenvalue weighted by molar-refractivity contribution is 5.71. The molecule has 0 aromatic rings. The van der Waals surface area contributed by atoms with Gasteiger partial charge >= 0.3 is 17.9 Å². The molecule has 0 saturated heterocycles. The van der Waals surface area contributed by atoms with Crippen LogP contribution in [0, 0.1) is 0 Å². The van der Waals surface area contributed by atoms with Gasteiger partial charge in [-0.15, -0.1) is 0 Å². The quantitative estimate of drug-likeness (QED) is 0.0199. The number of carbonyl (C=O) groups excluding carboxylic acids is 3. The predicted octanol–water partition coefficient (Wildman–Crippen LogP) is 18.0. The third-order valence-electron chi connectivity index (χ3n) is 11.5. The van der Waals surface area contributed by atoms with Crippen molar-refractivity contribution in [1.82, 2.24) is 0 Å². The Bertz CT molecular complexity index is 1270. The van der Waals surface area contributed by atoms with Crippen LogP contribution in [0.1, 0.15) is 252 Å². The Morgan fingerprint density at radius 2 is 0.615 bits per heavy atom. The summed E-state index contributed by atoms with van der Waals surface area (Å²) in [5.74, 6) is -0.962. The molecule has 1 unspecified atom stereocenters. The molecule has 0 amide bonds. The van der Waals surface area contributed by atoms with Crippen molar-refractivity contribution in [2.45, 2.75) is 258 Å². The summed E-state index contributed by atoms with van der Waals surface area (Å²) < 4.78 is 16.8. The molecule has 0 heterocycles. The number of hydrogen-bond acceptors (Lipinski definition) is 6. The van der Waals surface area contributed by atoms with E-state index >= 15 is 0 Å². The molecule has 0 aromatic heterocycles. The lowest BCUT2D eigenvalue weighted by atomic mass is 10.1. The number of esters is 3. The minimum Gasteiger partial charge on any atom is -0.462 e. The number of ether oxygens (including phenoxy) is 3. The lowest BCUT2D eigenvalue weighted by Gasteiger charge is -2.18. The standard InChI is InChI=1S/C59H100O6/c1-4-7-10-13-16-19-22-25-27-29-30-32-34-37-40-43-46-49-52-58(61)64-55-56(54-63-57(60)51-48-45-42-39-36-33-24-21-18-15-12-9-6-3)65-59(62)53-50-47-44-41-38-35-31-28-26-23-20-17-14-11-8-5-2/h9,12,15,18,21,24,27-33,36,56H,4-8,10-11,13-14,16-17,19-20,22-23,25-26,34-35,37-55H2,1-3H3/b12-9-,18-15-,24-21-,29-27-,31-28-,32-30-,36-33-. The SMILES string of the molecule is CC\C=C/C=C\C=C/C=C\CCCCCC(=O)OCC(COC(=O)CCCCCCC/C=C\C=C/CCCCCCCCC)OC(=O)CCCCCCC/C=C\CCCCCCCCC. The van der Waals surface area contributed by atoms with Gasteiger partial charge in [-0.05, 0) is 89.9 Å². The zero-order valence-corrected chi connectivity index (χ0v) is 42.5. The summed E-state index contributed by atoms with van der Waals surface area (Å²) in [6, 6.07) is 0. The molecule has 0 N–H and O–H groups in total. The number of rotatable bonds is 48. The molecule has 0 saturated carbocycles. The summed E-state index contributed by atoms with van der Waals surface area (Å²) in [7, 11) is 0. The molecule has 65 heavy (non-hydrogen) atoms. The second-order valence-electron chi connectivity index (χ2n) is 17.9. The molecule has 0 aliphatic heterocycles. The van der Waals surface area contributed by atoms with Crippen LogP contribution >= 0.6 is 0 Å². The fourth-order valence-electron chi connectivity index (χ4n) is 7.38. The third kappa shape index (κ3) is 51.4. The van der Waals surface area contributed by atoms with Crippen molar-refractivity contribution in [3.05, 3.63) is 85.1 Å². The summed E-state index contributed by atoms with van der Waals surface area (Å²) in [4.78, 5) is 38.0. The summed E-state index contributed by atoms with van der Waals surface area (Å²) >= 11 is 0. The smallest absolute Gasteiger partial charge is 0.306 e. The largest absolute Gasteiger partial charge is 0.462 e. The molecular weight excluding hydrogens is 805 g/mol. The normalized spacial score (nSPS) is 12.7. The maximum atomic E-state index is 12.8. The van der Waals surface area contributed by atoms with Gasteiger partial charge in [0.2, 0.25) is 0 Å². The fourth-order valence-corrected chi connectivity index (χ4v) is 7.38. The highest BCUT2D eigenvalue weighted by Gasteiger charge is 2.19. The number of carbonyl (C=O) groups is 3. The monoisotopic (exact) mass is 905 g/mol. The molecule has 0 aromatic carbocycles. The van der Waals surface area contributed by atoms with Gasteiger partial charge < -0.3 is 14.2 Å². The maximum Gasteiger partial charge on any atom is 0.306 e. The van der Waals surface area contributed by atoms with E-state index in [9.17, 15) is 14.4 Å². The van der Waals surface area contributed by atoms with E-state index in [0.717, 1.165) is 103 Å². The van der Waals surface area contributed by atoms with Crippen LogP contribution < -0.4 is 0 Å². The number of hydrogen-bond donors (Lipinski definition) is 0. The predicted molar refractivity (Wildman–Crippen MR) is 279 cm³/mol. The highest BCUT2D eigenvalue weighted by atomic mass is 16.6. The molecule has 0 rings (SSSR count). The zero-order chi connectivity index (χ0) is 47.2. The molecule has 0 fully saturated rings. The van der Waals surface area contributed by atoms with E-state index in [1.54, 1.807) is 0 Å². The summed E-state index contributed by atoms with van der Waals surface area (Å²) in [5, 5.41) is 0. The van der Waals surface area contributed by atoms with Gasteiger partial charge in [0.05, 0.1) is 0 Å². The van der Waals surface area contributed by atoms with Crippen molar-refractivity contribution < 1.29 is 28.6 Å². The third-order valence-corrected chi connectivity index (χ3v) is 11.5. The van der Waals surface area contributed by atoms with Gasteiger partial charge in [0.15, 0.2) is 6.10 Å². The van der Waals surface area contributed by atoms with Gasteiger partial charge in [0, 0.05) is 19.3 Å². The highest BCUT2D eigenvalue weighted by Crippen LogP contribution is 2.14. The van der Waals surface area contributed by atoms with E-state index in [4.69, 9.17) is 14.2 Å². The lowest BCUT2D eigenvalue weighted by molar-refractivity contribution is -0.167. The first kappa shape index (κ1) is 61.6. The van der Waals surface area contributed by atoms with Crippen LogP contribution in [0.25, 0.3) is 0 Å². The van der Waals surface area contributed by atoms with E-state index < -0.39 is 6.10 Å². The Hall–Kier alpha value is -3.41. The van der Waals surface area contributed by atoms with Gasteiger partial charge in [-0.25, -0.2) is 0 Å². The Kier molecular flexibility index (Phi) is 50.4. The van der Waals surface area contributed by atoms with E-state index in [2.05, 4.69) is 69.4 Å². The van der Waals surface area contributed by atoms with Gasteiger partial charge in [-0.2, -0.15) is 0 Å². The van der Waals surface area contributed by atoms with Gasteiger partial charge in [-0.1, -0.05) is 228 Å². The lowest BCUT2D eigenvalue weighted by Crippen LogP contribution is -2.30. The van der Waals surface area contributed by atoms with Crippen molar-refractivity contribution in [3.8, 4) is 0 Å². The Morgan fingerprint density at radius 1 is 0.323 bits per heavy atom. The van der Waals surface area contributed by atoms with Crippen LogP contribution in [0.15, 0.2) is 85.1 Å². The first-order valence-electron chi connectivity index (χ1n) is 27.2. The van der Waals surface area contributed by atoms with Gasteiger partial charge in [-0.3, -0.25) is 14.4 Å². The maximum absolute atomic E-state index is 12.8. The second-order valence-corrected chi connectivity index (χ2v) is 17.9. The average molecular weight is 905 g/mol. The Labute approximate surface area is 401 Å². The summed E-state index contributed by atoms with van der Waals surface area (Å²) in [6.07, 6.45) is 68.6. The van der Waals surface area contributed by atoms with Crippen LogP contribution in [0.4, 0.5) is 0 Å². The van der Waals surface area contributed by atoms with Crippen molar-refractivity contribution in [2.24, 2.45) is 0 Å². The van der Waals surface area contributed by atoms with Crippen LogP contribution in [0.5, 0.6) is 0 Å². The first-order valence-corrected chi connectivity index (χ1v) is 27.2. The number of allylic oxidation sites excluding steroid dienone is 14. The molecule has 0 bridgehead atoms. The summed E-state index contributed by atoms with van der Waals surface area (Å²) in [6.45, 7) is 6.44. The van der Waals surface area contributed by atoms with Gasteiger partial charge in [0.25, 0.3) is 0 Å². The first-order chi connectivity index (χ1) is 32.0. The fraction of sp³-hybridized carbons (Fsp3) is 0.712. The molecule has 372 valence electrons. The average Bonchev–Trinajstić information content (AvgIpc) is 3.30. The second kappa shape index (κ2) is 53.2. The zero-order valence-electron chi connectivity index (χ0n) is 42.5. The van der Waals surface area contributed by atoms with Crippen LogP contribution in [0.3, 0.4) is 0 Å². The number of unbranched alkanes of at least 4 members (excludes halogenated alkanes) is 27. The molecule has 6 nitrogen and oxygen atoms in total. The Balaban J connectivity index is 4.46. The van der Waals surface area contributed by atoms with Crippen LogP contribution in [-0.2, 0) is 28.6 Å². The van der Waals surface area contributed by atoms with E-state index in [-0.39, 0.29) is 31.1 Å². The minimum atomic E-state index is -0.804.